The fourth-order valence-corrected chi connectivity index (χ4v) is 4.96. The number of alkyl halides is 3. The highest BCUT2D eigenvalue weighted by molar-refractivity contribution is 5.89. The lowest BCUT2D eigenvalue weighted by molar-refractivity contribution is -0.137. The highest BCUT2D eigenvalue weighted by Gasteiger charge is 2.31. The first-order valence-corrected chi connectivity index (χ1v) is 11.7. The molecule has 2 aromatic heterocycles. The molecule has 1 saturated heterocycles. The van der Waals surface area contributed by atoms with Gasteiger partial charge >= 0.3 is 6.18 Å². The number of rotatable bonds is 3. The largest absolute Gasteiger partial charge is 0.416 e. The molecule has 4 nitrogen and oxygen atoms in total. The molecule has 6 rings (SSSR count). The number of aromatic nitrogens is 3. The van der Waals surface area contributed by atoms with E-state index in [0.29, 0.717) is 22.6 Å². The van der Waals surface area contributed by atoms with Crippen LogP contribution in [0.25, 0.3) is 44.5 Å². The summed E-state index contributed by atoms with van der Waals surface area (Å²) in [6.45, 7) is 1.70. The van der Waals surface area contributed by atoms with Crippen molar-refractivity contribution in [1.82, 2.24) is 19.9 Å². The van der Waals surface area contributed by atoms with Crippen molar-refractivity contribution in [3.05, 3.63) is 84.6 Å². The van der Waals surface area contributed by atoms with Crippen molar-refractivity contribution in [2.24, 2.45) is 0 Å². The molecule has 3 aromatic carbocycles. The van der Waals surface area contributed by atoms with E-state index in [1.54, 1.807) is 6.07 Å². The molecule has 3 heterocycles. The third-order valence-corrected chi connectivity index (χ3v) is 6.73. The van der Waals surface area contributed by atoms with Crippen LogP contribution >= 0.6 is 0 Å². The van der Waals surface area contributed by atoms with Crippen LogP contribution in [0.1, 0.15) is 24.4 Å². The van der Waals surface area contributed by atoms with Crippen molar-refractivity contribution in [3.8, 4) is 22.5 Å². The average Bonchev–Trinajstić information content (AvgIpc) is 3.27. The van der Waals surface area contributed by atoms with Gasteiger partial charge in [0.1, 0.15) is 11.3 Å². The Hall–Kier alpha value is -3.71. The van der Waals surface area contributed by atoms with Crippen molar-refractivity contribution in [2.75, 3.05) is 13.1 Å². The number of pyridine rings is 1. The molecule has 35 heavy (non-hydrogen) atoms. The van der Waals surface area contributed by atoms with E-state index >= 15 is 0 Å². The minimum Gasteiger partial charge on any atom is -0.317 e. The Morgan fingerprint density at radius 1 is 0.800 bits per heavy atom. The predicted molar refractivity (Wildman–Crippen MR) is 132 cm³/mol. The molecule has 0 spiro atoms. The van der Waals surface area contributed by atoms with E-state index in [9.17, 15) is 13.2 Å². The molecule has 0 radical (unpaired) electrons. The van der Waals surface area contributed by atoms with Gasteiger partial charge in [0.25, 0.3) is 0 Å². The van der Waals surface area contributed by atoms with Gasteiger partial charge in [-0.1, -0.05) is 48.5 Å². The number of benzene rings is 3. The highest BCUT2D eigenvalue weighted by Crippen LogP contribution is 2.36. The first-order valence-electron chi connectivity index (χ1n) is 11.7. The lowest BCUT2D eigenvalue weighted by Crippen LogP contribution is -2.29. The Balaban J connectivity index is 1.51. The molecular weight excluding hydrogens is 449 g/mol. The van der Waals surface area contributed by atoms with E-state index in [-0.39, 0.29) is 6.04 Å². The zero-order valence-corrected chi connectivity index (χ0v) is 18.9. The minimum absolute atomic E-state index is 0.116. The van der Waals surface area contributed by atoms with Crippen LogP contribution in [0.4, 0.5) is 13.2 Å². The molecule has 1 aliphatic rings. The molecule has 0 saturated carbocycles. The van der Waals surface area contributed by atoms with Gasteiger partial charge in [0.15, 0.2) is 5.65 Å². The number of hydrogen-bond acceptors (Lipinski definition) is 3. The number of imidazole rings is 1. The van der Waals surface area contributed by atoms with E-state index < -0.39 is 11.7 Å². The minimum atomic E-state index is -4.41. The van der Waals surface area contributed by atoms with E-state index in [2.05, 4.69) is 35.6 Å². The van der Waals surface area contributed by atoms with Gasteiger partial charge in [0.05, 0.1) is 5.56 Å². The van der Waals surface area contributed by atoms with Crippen molar-refractivity contribution in [2.45, 2.75) is 25.1 Å². The first kappa shape index (κ1) is 21.8. The second-order valence-electron chi connectivity index (χ2n) is 8.99. The summed E-state index contributed by atoms with van der Waals surface area (Å²) in [5.74, 6) is 0.529. The van der Waals surface area contributed by atoms with Gasteiger partial charge in [-0.05, 0) is 66.5 Å². The summed E-state index contributed by atoms with van der Waals surface area (Å²) in [5, 5.41) is 5.65. The van der Waals surface area contributed by atoms with Gasteiger partial charge in [-0.25, -0.2) is 9.97 Å². The number of nitrogens with one attached hydrogen (secondary N) is 1. The zero-order chi connectivity index (χ0) is 24.0. The maximum absolute atomic E-state index is 13.4. The van der Waals surface area contributed by atoms with Gasteiger partial charge in [0, 0.05) is 23.4 Å². The molecule has 1 N–H and O–H groups in total. The van der Waals surface area contributed by atoms with Crippen LogP contribution < -0.4 is 5.32 Å². The van der Waals surface area contributed by atoms with Gasteiger partial charge < -0.3 is 9.88 Å². The molecule has 0 bridgehead atoms. The fraction of sp³-hybridized carbons (Fsp3) is 0.214. The third-order valence-electron chi connectivity index (χ3n) is 6.73. The van der Waals surface area contributed by atoms with Crippen LogP contribution in [0.3, 0.4) is 0 Å². The summed E-state index contributed by atoms with van der Waals surface area (Å²) in [6, 6.07) is 21.9. The molecule has 7 heteroatoms. The Labute approximate surface area is 200 Å². The number of piperidine rings is 1. The van der Waals surface area contributed by atoms with Gasteiger partial charge in [-0.2, -0.15) is 13.2 Å². The van der Waals surface area contributed by atoms with Crippen LogP contribution in [0.5, 0.6) is 0 Å². The second-order valence-corrected chi connectivity index (χ2v) is 8.99. The number of nitrogens with zero attached hydrogens (tertiary/aromatic N) is 3. The number of fused-ring (bicyclic) bond motifs is 2. The summed E-state index contributed by atoms with van der Waals surface area (Å²) in [4.78, 5) is 9.63. The second kappa shape index (κ2) is 8.50. The number of halogens is 3. The van der Waals surface area contributed by atoms with E-state index in [0.717, 1.165) is 53.9 Å². The monoisotopic (exact) mass is 472 g/mol. The molecule has 5 aromatic rings. The Kier molecular flexibility index (Phi) is 5.29. The van der Waals surface area contributed by atoms with Crippen molar-refractivity contribution in [3.63, 3.8) is 0 Å². The summed E-state index contributed by atoms with van der Waals surface area (Å²) in [7, 11) is 0. The van der Waals surface area contributed by atoms with Crippen molar-refractivity contribution in [1.29, 1.82) is 0 Å². The van der Waals surface area contributed by atoms with Crippen molar-refractivity contribution >= 4 is 21.9 Å². The summed E-state index contributed by atoms with van der Waals surface area (Å²) < 4.78 is 42.4. The third kappa shape index (κ3) is 4.06. The summed E-state index contributed by atoms with van der Waals surface area (Å²) >= 11 is 0. The van der Waals surface area contributed by atoms with E-state index in [1.807, 2.05) is 29.0 Å². The average molecular weight is 473 g/mol. The summed E-state index contributed by atoms with van der Waals surface area (Å²) in [5.41, 5.74) is 3.10. The van der Waals surface area contributed by atoms with Crippen LogP contribution in [-0.2, 0) is 6.18 Å². The molecule has 0 amide bonds. The first-order chi connectivity index (χ1) is 17.0. The van der Waals surface area contributed by atoms with E-state index in [4.69, 9.17) is 9.97 Å². The van der Waals surface area contributed by atoms with Crippen LogP contribution in [0, 0.1) is 0 Å². The van der Waals surface area contributed by atoms with E-state index in [1.165, 1.54) is 12.1 Å². The lowest BCUT2D eigenvalue weighted by atomic mass is 10.0. The molecular formula is C28H23F3N4. The molecule has 1 aliphatic heterocycles. The van der Waals surface area contributed by atoms with Gasteiger partial charge in [-0.15, -0.1) is 0 Å². The molecule has 0 atom stereocenters. The molecule has 0 aliphatic carbocycles. The van der Waals surface area contributed by atoms with Crippen LogP contribution in [0.2, 0.25) is 0 Å². The SMILES string of the molecule is FC(F)(F)c1cccc(-c2nc3cc(-c4ccc5ccccc5c4)cnc3n2C2CCNCC2)c1. The lowest BCUT2D eigenvalue weighted by Gasteiger charge is -2.26. The van der Waals surface area contributed by atoms with Gasteiger partial charge in [0.2, 0.25) is 0 Å². The fourth-order valence-electron chi connectivity index (χ4n) is 4.96. The number of hydrogen-bond donors (Lipinski definition) is 1. The van der Waals surface area contributed by atoms with Crippen LogP contribution in [0.15, 0.2) is 79.0 Å². The van der Waals surface area contributed by atoms with Crippen LogP contribution in [-0.4, -0.2) is 27.6 Å². The molecule has 1 fully saturated rings. The molecule has 0 unspecified atom stereocenters. The highest BCUT2D eigenvalue weighted by atomic mass is 19.4. The Morgan fingerprint density at radius 3 is 2.40 bits per heavy atom. The Bertz CT molecular complexity index is 1530. The maximum Gasteiger partial charge on any atom is 0.416 e. The predicted octanol–water partition coefficient (Wildman–Crippen LogP) is 6.86. The Morgan fingerprint density at radius 2 is 1.60 bits per heavy atom. The topological polar surface area (TPSA) is 42.7 Å². The standard InChI is InChI=1S/C28H23F3N4/c29-28(30,31)23-7-3-6-21(15-23)26-34-25-16-22(20-9-8-18-4-1-2-5-19(18)14-20)17-33-27(25)35(26)24-10-12-32-13-11-24/h1-9,14-17,24,32H,10-13H2. The molecule has 176 valence electrons. The van der Waals surface area contributed by atoms with Gasteiger partial charge in [-0.3, -0.25) is 0 Å². The maximum atomic E-state index is 13.4. The normalized spacial score (nSPS) is 15.2. The zero-order valence-electron chi connectivity index (χ0n) is 18.9. The van der Waals surface area contributed by atoms with Crippen molar-refractivity contribution < 1.29 is 13.2 Å². The smallest absolute Gasteiger partial charge is 0.317 e. The summed E-state index contributed by atoms with van der Waals surface area (Å²) in [6.07, 6.45) is -0.845. The quantitative estimate of drug-likeness (QED) is 0.312.